The lowest BCUT2D eigenvalue weighted by Gasteiger charge is -2.18. The zero-order valence-electron chi connectivity index (χ0n) is 20.0. The van der Waals surface area contributed by atoms with Gasteiger partial charge in [0.2, 0.25) is 11.8 Å². The Labute approximate surface area is 210 Å². The van der Waals surface area contributed by atoms with Crippen LogP contribution in [-0.4, -0.2) is 30.2 Å². The van der Waals surface area contributed by atoms with E-state index in [0.717, 1.165) is 16.7 Å². The largest absolute Gasteiger partial charge is 0.399 e. The predicted molar refractivity (Wildman–Crippen MR) is 140 cm³/mol. The monoisotopic (exact) mass is 488 g/mol. The molecule has 8 N–H and O–H groups in total. The molecule has 1 atom stereocenters. The molecule has 0 unspecified atom stereocenters. The topological polar surface area (TPSA) is 155 Å². The fourth-order valence-corrected chi connectivity index (χ4v) is 3.46. The molecule has 0 fully saturated rings. The van der Waals surface area contributed by atoms with Crippen LogP contribution < -0.4 is 27.6 Å². The van der Waals surface area contributed by atoms with Gasteiger partial charge in [0.15, 0.2) is 0 Å². The molecule has 3 rings (SSSR count). The Morgan fingerprint density at radius 3 is 2.31 bits per heavy atom. The average molecular weight is 489 g/mol. The van der Waals surface area contributed by atoms with E-state index in [1.165, 1.54) is 0 Å². The Kier molecular flexibility index (Phi) is 9.99. The highest BCUT2D eigenvalue weighted by atomic mass is 16.6. The predicted octanol–water partition coefficient (Wildman–Crippen LogP) is 2.01. The van der Waals surface area contributed by atoms with Crippen molar-refractivity contribution in [1.29, 1.82) is 5.41 Å². The zero-order valence-corrected chi connectivity index (χ0v) is 20.0. The minimum atomic E-state index is -0.654. The number of hydroxylamine groups is 1. The van der Waals surface area contributed by atoms with Crippen LogP contribution in [-0.2, 0) is 34.0 Å². The lowest BCUT2D eigenvalue weighted by atomic mass is 10.1. The van der Waals surface area contributed by atoms with Gasteiger partial charge in [-0.3, -0.25) is 19.8 Å². The van der Waals surface area contributed by atoms with Crippen molar-refractivity contribution in [2.75, 3.05) is 12.3 Å². The van der Waals surface area contributed by atoms with E-state index in [0.29, 0.717) is 30.6 Å². The van der Waals surface area contributed by atoms with Crippen LogP contribution in [0.3, 0.4) is 0 Å². The second kappa shape index (κ2) is 13.6. The highest BCUT2D eigenvalue weighted by molar-refractivity contribution is 5.94. The van der Waals surface area contributed by atoms with E-state index >= 15 is 0 Å². The molecule has 3 aromatic carbocycles. The molecule has 9 heteroatoms. The molecule has 0 radical (unpaired) electrons. The van der Waals surface area contributed by atoms with Gasteiger partial charge in [0.25, 0.3) is 0 Å². The zero-order chi connectivity index (χ0) is 25.8. The summed E-state index contributed by atoms with van der Waals surface area (Å²) in [4.78, 5) is 30.7. The van der Waals surface area contributed by atoms with Crippen LogP contribution in [0.2, 0.25) is 0 Å². The molecule has 3 aromatic rings. The van der Waals surface area contributed by atoms with E-state index in [1.54, 1.807) is 36.4 Å². The summed E-state index contributed by atoms with van der Waals surface area (Å²) >= 11 is 0. The lowest BCUT2D eigenvalue weighted by Crippen LogP contribution is -2.47. The number of anilines is 1. The van der Waals surface area contributed by atoms with Gasteiger partial charge in [0, 0.05) is 17.8 Å². The molecule has 0 saturated carbocycles. The van der Waals surface area contributed by atoms with Crippen molar-refractivity contribution in [3.8, 4) is 0 Å². The SMILES string of the molecule is N=C(N)c1ccc(CNC(=O)CNC(=O)[C@@H](CCc2ccccc2)NOCc2cccc(N)c2)cc1. The third-order valence-electron chi connectivity index (χ3n) is 5.47. The van der Waals surface area contributed by atoms with Crippen molar-refractivity contribution in [3.63, 3.8) is 0 Å². The Morgan fingerprint density at radius 2 is 1.61 bits per heavy atom. The summed E-state index contributed by atoms with van der Waals surface area (Å²) in [6, 6.07) is 23.5. The number of benzene rings is 3. The molecule has 0 aliphatic rings. The van der Waals surface area contributed by atoms with E-state index < -0.39 is 6.04 Å². The maximum atomic E-state index is 12.9. The van der Waals surface area contributed by atoms with Gasteiger partial charge >= 0.3 is 0 Å². The molecule has 0 aliphatic heterocycles. The molecule has 0 heterocycles. The first-order valence-corrected chi connectivity index (χ1v) is 11.6. The quantitative estimate of drug-likeness (QED) is 0.0936. The minimum absolute atomic E-state index is 0.0133. The number of carbonyl (C=O) groups is 2. The number of nitrogens with two attached hydrogens (primary N) is 2. The maximum Gasteiger partial charge on any atom is 0.239 e. The molecule has 0 aromatic heterocycles. The summed E-state index contributed by atoms with van der Waals surface area (Å²) in [6.45, 7) is 0.373. The highest BCUT2D eigenvalue weighted by Gasteiger charge is 2.19. The van der Waals surface area contributed by atoms with Gasteiger partial charge in [0.05, 0.1) is 13.2 Å². The number of amidine groups is 1. The van der Waals surface area contributed by atoms with Gasteiger partial charge in [-0.05, 0) is 41.7 Å². The second-order valence-electron chi connectivity index (χ2n) is 8.33. The number of hydrogen-bond acceptors (Lipinski definition) is 6. The molecule has 0 spiro atoms. The van der Waals surface area contributed by atoms with Crippen molar-refractivity contribution in [2.24, 2.45) is 5.73 Å². The number of rotatable bonds is 13. The molecule has 0 bridgehead atoms. The van der Waals surface area contributed by atoms with E-state index in [9.17, 15) is 9.59 Å². The third kappa shape index (κ3) is 8.86. The third-order valence-corrected chi connectivity index (χ3v) is 5.47. The average Bonchev–Trinajstić information content (AvgIpc) is 2.89. The van der Waals surface area contributed by atoms with Crippen molar-refractivity contribution < 1.29 is 14.4 Å². The lowest BCUT2D eigenvalue weighted by molar-refractivity contribution is -0.131. The first-order valence-electron chi connectivity index (χ1n) is 11.6. The summed E-state index contributed by atoms with van der Waals surface area (Å²) in [7, 11) is 0. The molecule has 188 valence electrons. The van der Waals surface area contributed by atoms with Crippen molar-refractivity contribution in [2.45, 2.75) is 32.0 Å². The number of hydrogen-bond donors (Lipinski definition) is 6. The Hall–Kier alpha value is -4.21. The fourth-order valence-electron chi connectivity index (χ4n) is 3.46. The second-order valence-corrected chi connectivity index (χ2v) is 8.33. The van der Waals surface area contributed by atoms with Gasteiger partial charge in [-0.15, -0.1) is 0 Å². The Balaban J connectivity index is 1.49. The van der Waals surface area contributed by atoms with Crippen LogP contribution in [0.4, 0.5) is 5.69 Å². The van der Waals surface area contributed by atoms with Gasteiger partial charge in [-0.2, -0.15) is 5.48 Å². The summed E-state index contributed by atoms with van der Waals surface area (Å²) in [5.41, 5.74) is 18.2. The van der Waals surface area contributed by atoms with Crippen molar-refractivity contribution in [3.05, 3.63) is 101 Å². The van der Waals surface area contributed by atoms with Crippen LogP contribution in [0.25, 0.3) is 0 Å². The van der Waals surface area contributed by atoms with Crippen molar-refractivity contribution >= 4 is 23.3 Å². The maximum absolute atomic E-state index is 12.9. The van der Waals surface area contributed by atoms with E-state index in [1.807, 2.05) is 42.5 Å². The normalized spacial score (nSPS) is 11.4. The number of nitrogen functional groups attached to an aromatic ring is 2. The van der Waals surface area contributed by atoms with Crippen LogP contribution in [0.5, 0.6) is 0 Å². The molecule has 9 nitrogen and oxygen atoms in total. The fraction of sp³-hybridized carbons (Fsp3) is 0.222. The molecule has 0 saturated heterocycles. The number of carbonyl (C=O) groups excluding carboxylic acids is 2. The van der Waals surface area contributed by atoms with Crippen LogP contribution in [0, 0.1) is 5.41 Å². The van der Waals surface area contributed by atoms with Gasteiger partial charge in [0.1, 0.15) is 11.9 Å². The van der Waals surface area contributed by atoms with Crippen molar-refractivity contribution in [1.82, 2.24) is 16.1 Å². The van der Waals surface area contributed by atoms with E-state index in [-0.39, 0.29) is 30.8 Å². The Morgan fingerprint density at radius 1 is 0.889 bits per heavy atom. The molecule has 2 amide bonds. The first-order chi connectivity index (χ1) is 17.4. The van der Waals surface area contributed by atoms with Crippen LogP contribution in [0.15, 0.2) is 78.9 Å². The standard InChI is InChI=1S/C27H32N6O3/c28-23-8-4-7-21(15-23)18-36-33-24(14-11-19-5-2-1-3-6-19)27(35)32-17-25(34)31-16-20-9-12-22(13-10-20)26(29)30/h1-10,12-13,15,24,33H,11,14,16-18,28H2,(H3,29,30)(H,31,34)(H,32,35)/t24-/m1/s1. The number of amides is 2. The molecular formula is C27H32N6O3. The van der Waals surface area contributed by atoms with Gasteiger partial charge < -0.3 is 22.1 Å². The summed E-state index contributed by atoms with van der Waals surface area (Å²) < 4.78 is 0. The van der Waals surface area contributed by atoms with Crippen LogP contribution in [0.1, 0.15) is 28.7 Å². The first kappa shape index (κ1) is 26.4. The Bertz CT molecular complexity index is 1150. The molecular weight excluding hydrogens is 456 g/mol. The molecule has 0 aliphatic carbocycles. The van der Waals surface area contributed by atoms with E-state index in [2.05, 4.69) is 16.1 Å². The number of aryl methyl sites for hydroxylation is 1. The van der Waals surface area contributed by atoms with Gasteiger partial charge in [-0.1, -0.05) is 66.7 Å². The molecule has 36 heavy (non-hydrogen) atoms. The number of nitrogens with one attached hydrogen (secondary N) is 4. The summed E-state index contributed by atoms with van der Waals surface area (Å²) in [5, 5.41) is 12.9. The minimum Gasteiger partial charge on any atom is -0.399 e. The summed E-state index contributed by atoms with van der Waals surface area (Å²) in [6.07, 6.45) is 1.15. The van der Waals surface area contributed by atoms with Crippen LogP contribution >= 0.6 is 0 Å². The smallest absolute Gasteiger partial charge is 0.239 e. The van der Waals surface area contributed by atoms with E-state index in [4.69, 9.17) is 21.7 Å². The summed E-state index contributed by atoms with van der Waals surface area (Å²) in [5.74, 6) is -0.665. The highest BCUT2D eigenvalue weighted by Crippen LogP contribution is 2.09. The van der Waals surface area contributed by atoms with Gasteiger partial charge in [-0.25, -0.2) is 0 Å².